The zero-order valence-corrected chi connectivity index (χ0v) is 10.2. The van der Waals surface area contributed by atoms with Crippen LogP contribution in [0.5, 0.6) is 0 Å². The van der Waals surface area contributed by atoms with E-state index in [1.165, 1.54) is 4.90 Å². The lowest BCUT2D eigenvalue weighted by molar-refractivity contribution is 0.189. The number of nitriles is 1. The lowest BCUT2D eigenvalue weighted by atomic mass is 10.2. The molecular weight excluding hydrogens is 230 g/mol. The van der Waals surface area contributed by atoms with Crippen LogP contribution in [0.3, 0.4) is 0 Å². The molecule has 0 saturated carbocycles. The maximum atomic E-state index is 11.9. The van der Waals surface area contributed by atoms with E-state index in [2.05, 4.69) is 5.32 Å². The van der Waals surface area contributed by atoms with Crippen molar-refractivity contribution in [1.82, 2.24) is 5.32 Å². The molecule has 0 aromatic heterocycles. The fourth-order valence-electron chi connectivity index (χ4n) is 1.80. The molecule has 5 heteroatoms. The molecule has 2 rings (SSSR count). The highest BCUT2D eigenvalue weighted by atomic mass is 16.5. The highest BCUT2D eigenvalue weighted by Crippen LogP contribution is 2.14. The molecule has 1 heterocycles. The van der Waals surface area contributed by atoms with Crippen LogP contribution in [0.4, 0.5) is 10.5 Å². The molecule has 1 aliphatic heterocycles. The second-order valence-corrected chi connectivity index (χ2v) is 4.23. The number of benzene rings is 1. The molecule has 18 heavy (non-hydrogen) atoms. The summed E-state index contributed by atoms with van der Waals surface area (Å²) in [5.74, 6) is 0. The quantitative estimate of drug-likeness (QED) is 0.858. The van der Waals surface area contributed by atoms with Crippen LogP contribution < -0.4 is 10.2 Å². The van der Waals surface area contributed by atoms with Crippen molar-refractivity contribution in [2.45, 2.75) is 12.5 Å². The normalized spacial score (nSPS) is 18.1. The molecule has 1 aromatic carbocycles. The third kappa shape index (κ3) is 2.79. The Morgan fingerprint density at radius 2 is 2.22 bits per heavy atom. The first-order valence-electron chi connectivity index (χ1n) is 5.83. The molecule has 0 radical (unpaired) electrons. The Labute approximate surface area is 106 Å². The molecule has 1 fully saturated rings. The van der Waals surface area contributed by atoms with Crippen LogP contribution in [-0.4, -0.2) is 32.3 Å². The molecule has 1 N–H and O–H groups in total. The molecule has 94 valence electrons. The Bertz CT molecular complexity index is 458. The summed E-state index contributed by atoms with van der Waals surface area (Å²) >= 11 is 0. The van der Waals surface area contributed by atoms with Gasteiger partial charge in [0.1, 0.15) is 0 Å². The Balaban J connectivity index is 1.98. The molecule has 1 atom stereocenters. The van der Waals surface area contributed by atoms with E-state index in [1.807, 2.05) is 6.07 Å². The first kappa shape index (κ1) is 12.4. The number of nitrogens with zero attached hydrogens (tertiary/aromatic N) is 2. The van der Waals surface area contributed by atoms with Crippen molar-refractivity contribution in [1.29, 1.82) is 5.26 Å². The number of hydrogen-bond donors (Lipinski definition) is 1. The van der Waals surface area contributed by atoms with E-state index in [0.29, 0.717) is 18.8 Å². The summed E-state index contributed by atoms with van der Waals surface area (Å²) < 4.78 is 5.20. The molecule has 5 nitrogen and oxygen atoms in total. The minimum atomic E-state index is -0.157. The van der Waals surface area contributed by atoms with Crippen molar-refractivity contribution in [2.75, 3.05) is 25.2 Å². The highest BCUT2D eigenvalue weighted by Gasteiger charge is 2.20. The van der Waals surface area contributed by atoms with Crippen LogP contribution in [-0.2, 0) is 4.74 Å². The van der Waals surface area contributed by atoms with Gasteiger partial charge in [0, 0.05) is 19.3 Å². The van der Waals surface area contributed by atoms with Gasteiger partial charge in [0.15, 0.2) is 0 Å². The van der Waals surface area contributed by atoms with Gasteiger partial charge in [0.25, 0.3) is 0 Å². The molecular formula is C13H15N3O2. The van der Waals surface area contributed by atoms with Crippen molar-refractivity contribution in [3.05, 3.63) is 29.8 Å². The lowest BCUT2D eigenvalue weighted by Gasteiger charge is -2.20. The number of nitrogens with one attached hydrogen (secondary N) is 1. The van der Waals surface area contributed by atoms with Crippen LogP contribution in [0, 0.1) is 11.3 Å². The first-order chi connectivity index (χ1) is 8.70. The molecule has 1 saturated heterocycles. The molecule has 0 aliphatic carbocycles. The van der Waals surface area contributed by atoms with Gasteiger partial charge in [-0.25, -0.2) is 4.79 Å². The van der Waals surface area contributed by atoms with Gasteiger partial charge in [-0.1, -0.05) is 0 Å². The number of urea groups is 1. The van der Waals surface area contributed by atoms with Crippen LogP contribution >= 0.6 is 0 Å². The van der Waals surface area contributed by atoms with Crippen molar-refractivity contribution < 1.29 is 9.53 Å². The molecule has 0 bridgehead atoms. The fourth-order valence-corrected chi connectivity index (χ4v) is 1.80. The van der Waals surface area contributed by atoms with E-state index >= 15 is 0 Å². The number of amides is 2. The van der Waals surface area contributed by atoms with Gasteiger partial charge in [-0.15, -0.1) is 0 Å². The summed E-state index contributed by atoms with van der Waals surface area (Å²) in [6.45, 7) is 1.28. The van der Waals surface area contributed by atoms with Gasteiger partial charge in [-0.2, -0.15) is 5.26 Å². The molecule has 2 amide bonds. The maximum Gasteiger partial charge on any atom is 0.321 e. The molecule has 1 aromatic rings. The number of ether oxygens (including phenoxy) is 1. The highest BCUT2D eigenvalue weighted by molar-refractivity contribution is 5.91. The van der Waals surface area contributed by atoms with Crippen molar-refractivity contribution in [3.8, 4) is 6.07 Å². The van der Waals surface area contributed by atoms with Crippen molar-refractivity contribution in [3.63, 3.8) is 0 Å². The molecule has 0 spiro atoms. The standard InChI is InChI=1S/C13H15N3O2/c1-16(12-4-2-10(8-14)3-5-12)13(17)15-11-6-7-18-9-11/h2-5,11H,6-7,9H2,1H3,(H,15,17). The van der Waals surface area contributed by atoms with Crippen molar-refractivity contribution in [2.24, 2.45) is 0 Å². The summed E-state index contributed by atoms with van der Waals surface area (Å²) in [5, 5.41) is 11.6. The van der Waals surface area contributed by atoms with Gasteiger partial charge >= 0.3 is 6.03 Å². The second kappa shape index (κ2) is 5.52. The third-order valence-corrected chi connectivity index (χ3v) is 2.95. The summed E-state index contributed by atoms with van der Waals surface area (Å²) in [6, 6.07) is 8.87. The van der Waals surface area contributed by atoms with Gasteiger partial charge in [-0.05, 0) is 30.7 Å². The van der Waals surface area contributed by atoms with Crippen molar-refractivity contribution >= 4 is 11.7 Å². The Morgan fingerprint density at radius 3 is 2.78 bits per heavy atom. The smallest absolute Gasteiger partial charge is 0.321 e. The maximum absolute atomic E-state index is 11.9. The molecule has 1 aliphatic rings. The number of carbonyl (C=O) groups excluding carboxylic acids is 1. The fraction of sp³-hybridized carbons (Fsp3) is 0.385. The topological polar surface area (TPSA) is 65.4 Å². The first-order valence-corrected chi connectivity index (χ1v) is 5.83. The Kier molecular flexibility index (Phi) is 3.80. The van der Waals surface area contributed by atoms with E-state index in [-0.39, 0.29) is 12.1 Å². The average Bonchev–Trinajstić information content (AvgIpc) is 2.91. The largest absolute Gasteiger partial charge is 0.379 e. The van der Waals surface area contributed by atoms with Crippen LogP contribution in [0.1, 0.15) is 12.0 Å². The predicted molar refractivity (Wildman–Crippen MR) is 67.3 cm³/mol. The van der Waals surface area contributed by atoms with E-state index in [0.717, 1.165) is 12.1 Å². The monoisotopic (exact) mass is 245 g/mol. The Hall–Kier alpha value is -2.06. The third-order valence-electron chi connectivity index (χ3n) is 2.95. The molecule has 1 unspecified atom stereocenters. The van der Waals surface area contributed by atoms with Gasteiger partial charge < -0.3 is 10.1 Å². The lowest BCUT2D eigenvalue weighted by Crippen LogP contribution is -2.43. The van der Waals surface area contributed by atoms with E-state index in [4.69, 9.17) is 10.00 Å². The minimum absolute atomic E-state index is 0.0957. The zero-order valence-electron chi connectivity index (χ0n) is 10.2. The number of rotatable bonds is 2. The van der Waals surface area contributed by atoms with Gasteiger partial charge in [-0.3, -0.25) is 4.90 Å². The second-order valence-electron chi connectivity index (χ2n) is 4.23. The van der Waals surface area contributed by atoms with E-state index in [9.17, 15) is 4.79 Å². The summed E-state index contributed by atoms with van der Waals surface area (Å²) in [6.07, 6.45) is 0.854. The summed E-state index contributed by atoms with van der Waals surface area (Å²) in [4.78, 5) is 13.5. The number of anilines is 1. The van der Waals surface area contributed by atoms with Crippen LogP contribution in [0.15, 0.2) is 24.3 Å². The van der Waals surface area contributed by atoms with Crippen LogP contribution in [0.25, 0.3) is 0 Å². The van der Waals surface area contributed by atoms with E-state index in [1.54, 1.807) is 31.3 Å². The number of carbonyl (C=O) groups is 1. The average molecular weight is 245 g/mol. The summed E-state index contributed by atoms with van der Waals surface area (Å²) in [7, 11) is 1.70. The summed E-state index contributed by atoms with van der Waals surface area (Å²) in [5.41, 5.74) is 1.34. The van der Waals surface area contributed by atoms with E-state index < -0.39 is 0 Å². The zero-order chi connectivity index (χ0) is 13.0. The predicted octanol–water partition coefficient (Wildman–Crippen LogP) is 1.49. The van der Waals surface area contributed by atoms with Gasteiger partial charge in [0.2, 0.25) is 0 Å². The minimum Gasteiger partial charge on any atom is -0.379 e. The van der Waals surface area contributed by atoms with Gasteiger partial charge in [0.05, 0.1) is 24.3 Å². The Morgan fingerprint density at radius 1 is 1.50 bits per heavy atom. The SMILES string of the molecule is CN(C(=O)NC1CCOC1)c1ccc(C#N)cc1. The number of hydrogen-bond acceptors (Lipinski definition) is 3. The van der Waals surface area contributed by atoms with Crippen LogP contribution in [0.2, 0.25) is 0 Å².